The van der Waals surface area contributed by atoms with Crippen molar-refractivity contribution in [1.29, 1.82) is 0 Å². The van der Waals surface area contributed by atoms with Crippen molar-refractivity contribution in [3.63, 3.8) is 0 Å². The van der Waals surface area contributed by atoms with Crippen LogP contribution >= 0.6 is 0 Å². The molecule has 0 saturated carbocycles. The quantitative estimate of drug-likeness (QED) is 0.892. The Morgan fingerprint density at radius 3 is 2.86 bits per heavy atom. The first-order valence-corrected chi connectivity index (χ1v) is 7.56. The smallest absolute Gasteiger partial charge is 0.126 e. The van der Waals surface area contributed by atoms with Crippen molar-refractivity contribution in [3.05, 3.63) is 59.7 Å². The molecule has 1 aliphatic rings. The Hall–Kier alpha value is -2.00. The lowest BCUT2D eigenvalue weighted by atomic mass is 9.93. The molecule has 21 heavy (non-hydrogen) atoms. The number of hydrogen-bond donors (Lipinski definition) is 2. The summed E-state index contributed by atoms with van der Waals surface area (Å²) in [6.07, 6.45) is 1.96. The summed E-state index contributed by atoms with van der Waals surface area (Å²) in [4.78, 5) is 0. The predicted molar refractivity (Wildman–Crippen MR) is 83.6 cm³/mol. The third-order valence-corrected chi connectivity index (χ3v) is 3.90. The Kier molecular flexibility index (Phi) is 4.11. The molecule has 2 aromatic carbocycles. The molecule has 0 saturated heterocycles. The molecule has 2 unspecified atom stereocenters. The number of aromatic hydroxyl groups is 1. The first-order chi connectivity index (χ1) is 10.3. The fraction of sp³-hybridized carbons (Fsp3) is 0.333. The number of nitrogens with one attached hydrogen (secondary N) is 1. The van der Waals surface area contributed by atoms with Crippen LogP contribution in [0.1, 0.15) is 43.0 Å². The van der Waals surface area contributed by atoms with E-state index >= 15 is 0 Å². The maximum Gasteiger partial charge on any atom is 0.126 e. The van der Waals surface area contributed by atoms with E-state index in [0.29, 0.717) is 6.04 Å². The van der Waals surface area contributed by atoms with Gasteiger partial charge in [0.1, 0.15) is 17.6 Å². The molecule has 1 aliphatic heterocycles. The van der Waals surface area contributed by atoms with E-state index < -0.39 is 0 Å². The Morgan fingerprint density at radius 1 is 1.19 bits per heavy atom. The van der Waals surface area contributed by atoms with Crippen LogP contribution in [-0.2, 0) is 0 Å². The molecule has 0 aliphatic carbocycles. The Bertz CT molecular complexity index is 612. The normalized spacial score (nSPS) is 20.6. The van der Waals surface area contributed by atoms with Crippen molar-refractivity contribution >= 4 is 0 Å². The van der Waals surface area contributed by atoms with E-state index in [4.69, 9.17) is 4.74 Å². The largest absolute Gasteiger partial charge is 0.508 e. The van der Waals surface area contributed by atoms with Crippen LogP contribution in [0.15, 0.2) is 48.5 Å². The van der Waals surface area contributed by atoms with Crippen LogP contribution in [0.5, 0.6) is 11.5 Å². The Balaban J connectivity index is 1.89. The molecule has 110 valence electrons. The number of hydrogen-bond acceptors (Lipinski definition) is 3. The lowest BCUT2D eigenvalue weighted by molar-refractivity contribution is 0.151. The van der Waals surface area contributed by atoms with E-state index in [1.54, 1.807) is 12.1 Å². The molecule has 1 heterocycles. The van der Waals surface area contributed by atoms with E-state index in [-0.39, 0.29) is 11.9 Å². The Morgan fingerprint density at radius 2 is 2.05 bits per heavy atom. The van der Waals surface area contributed by atoms with E-state index in [0.717, 1.165) is 30.7 Å². The lowest BCUT2D eigenvalue weighted by Gasteiger charge is -2.33. The zero-order valence-electron chi connectivity index (χ0n) is 12.3. The van der Waals surface area contributed by atoms with Gasteiger partial charge in [-0.15, -0.1) is 0 Å². The predicted octanol–water partition coefficient (Wildman–Crippen LogP) is 3.96. The lowest BCUT2D eigenvalue weighted by Crippen LogP contribution is -2.29. The van der Waals surface area contributed by atoms with Crippen LogP contribution in [0.2, 0.25) is 0 Å². The molecule has 2 aromatic rings. The zero-order chi connectivity index (χ0) is 14.7. The average molecular weight is 283 g/mol. The number of benzene rings is 2. The second-order valence-corrected chi connectivity index (χ2v) is 5.48. The number of phenolic OH excluding ortho intramolecular Hbond substituents is 1. The van der Waals surface area contributed by atoms with Crippen LogP contribution in [0.4, 0.5) is 0 Å². The highest BCUT2D eigenvalue weighted by molar-refractivity contribution is 5.40. The van der Waals surface area contributed by atoms with Crippen molar-refractivity contribution in [3.8, 4) is 11.5 Å². The highest BCUT2D eigenvalue weighted by atomic mass is 16.5. The topological polar surface area (TPSA) is 41.5 Å². The van der Waals surface area contributed by atoms with Crippen LogP contribution in [-0.4, -0.2) is 11.7 Å². The van der Waals surface area contributed by atoms with E-state index in [2.05, 4.69) is 24.4 Å². The molecule has 0 fully saturated rings. The SMILES string of the molecule is CCCNC1CC(c2cccc(O)c2)Oc2ccccc21. The minimum atomic E-state index is -0.0265. The van der Waals surface area contributed by atoms with Crippen molar-refractivity contribution in [2.45, 2.75) is 31.9 Å². The van der Waals surface area contributed by atoms with Gasteiger partial charge in [-0.3, -0.25) is 0 Å². The molecule has 0 amide bonds. The van der Waals surface area contributed by atoms with Gasteiger partial charge in [0.05, 0.1) is 0 Å². The first kappa shape index (κ1) is 14.0. The highest BCUT2D eigenvalue weighted by Gasteiger charge is 2.28. The monoisotopic (exact) mass is 283 g/mol. The summed E-state index contributed by atoms with van der Waals surface area (Å²) in [5, 5.41) is 13.3. The summed E-state index contributed by atoms with van der Waals surface area (Å²) in [5.41, 5.74) is 2.25. The second kappa shape index (κ2) is 6.19. The summed E-state index contributed by atoms with van der Waals surface area (Å²) in [6.45, 7) is 3.16. The average Bonchev–Trinajstić information content (AvgIpc) is 2.52. The van der Waals surface area contributed by atoms with Gasteiger partial charge in [0.2, 0.25) is 0 Å². The van der Waals surface area contributed by atoms with Crippen molar-refractivity contribution in [2.75, 3.05) is 6.54 Å². The van der Waals surface area contributed by atoms with Crippen molar-refractivity contribution in [2.24, 2.45) is 0 Å². The van der Waals surface area contributed by atoms with Gasteiger partial charge in [-0.05, 0) is 36.7 Å². The van der Waals surface area contributed by atoms with Gasteiger partial charge >= 0.3 is 0 Å². The molecule has 0 bridgehead atoms. The van der Waals surface area contributed by atoms with Gasteiger partial charge in [-0.2, -0.15) is 0 Å². The number of ether oxygens (including phenoxy) is 1. The molecular formula is C18H21NO2. The summed E-state index contributed by atoms with van der Waals surface area (Å²) in [5.74, 6) is 1.22. The van der Waals surface area contributed by atoms with Crippen molar-refractivity contribution in [1.82, 2.24) is 5.32 Å². The molecule has 3 heteroatoms. The van der Waals surface area contributed by atoms with Crippen LogP contribution in [0.25, 0.3) is 0 Å². The molecule has 2 N–H and O–H groups in total. The Labute approximate surface area is 125 Å². The van der Waals surface area contributed by atoms with Gasteiger partial charge in [0.15, 0.2) is 0 Å². The van der Waals surface area contributed by atoms with Crippen LogP contribution in [0, 0.1) is 0 Å². The maximum atomic E-state index is 9.68. The molecule has 2 atom stereocenters. The minimum Gasteiger partial charge on any atom is -0.508 e. The van der Waals surface area contributed by atoms with Gasteiger partial charge in [-0.25, -0.2) is 0 Å². The van der Waals surface area contributed by atoms with E-state index in [9.17, 15) is 5.11 Å². The maximum absolute atomic E-state index is 9.68. The van der Waals surface area contributed by atoms with Gasteiger partial charge in [0, 0.05) is 18.0 Å². The first-order valence-electron chi connectivity index (χ1n) is 7.56. The highest BCUT2D eigenvalue weighted by Crippen LogP contribution is 2.41. The molecule has 3 nitrogen and oxygen atoms in total. The standard InChI is InChI=1S/C18H21NO2/c1-2-10-19-16-12-18(13-6-5-7-14(20)11-13)21-17-9-4-3-8-15(16)17/h3-9,11,16,18-20H,2,10,12H2,1H3. The second-order valence-electron chi connectivity index (χ2n) is 5.48. The number of rotatable bonds is 4. The van der Waals surface area contributed by atoms with Gasteiger partial charge in [0.25, 0.3) is 0 Å². The summed E-state index contributed by atoms with van der Waals surface area (Å²) >= 11 is 0. The third-order valence-electron chi connectivity index (χ3n) is 3.90. The fourth-order valence-electron chi connectivity index (χ4n) is 2.86. The number of phenols is 1. The van der Waals surface area contributed by atoms with Crippen molar-refractivity contribution < 1.29 is 9.84 Å². The van der Waals surface area contributed by atoms with Crippen LogP contribution in [0.3, 0.4) is 0 Å². The molecule has 3 rings (SSSR count). The molecule has 0 aromatic heterocycles. The number of para-hydroxylation sites is 1. The van der Waals surface area contributed by atoms with Gasteiger partial charge < -0.3 is 15.2 Å². The summed E-state index contributed by atoms with van der Waals surface area (Å²) in [7, 11) is 0. The van der Waals surface area contributed by atoms with E-state index in [1.807, 2.05) is 24.3 Å². The summed E-state index contributed by atoms with van der Waals surface area (Å²) < 4.78 is 6.13. The fourth-order valence-corrected chi connectivity index (χ4v) is 2.86. The molecular weight excluding hydrogens is 262 g/mol. The number of fused-ring (bicyclic) bond motifs is 1. The van der Waals surface area contributed by atoms with Gasteiger partial charge in [-0.1, -0.05) is 37.3 Å². The third kappa shape index (κ3) is 3.03. The van der Waals surface area contributed by atoms with E-state index in [1.165, 1.54) is 5.56 Å². The summed E-state index contributed by atoms with van der Waals surface area (Å²) in [6, 6.07) is 15.8. The zero-order valence-corrected chi connectivity index (χ0v) is 12.3. The molecule has 0 spiro atoms. The van der Waals surface area contributed by atoms with Crippen LogP contribution < -0.4 is 10.1 Å². The minimum absolute atomic E-state index is 0.0265. The molecule has 0 radical (unpaired) electrons.